The highest BCUT2D eigenvalue weighted by Gasteiger charge is 2.49. The van der Waals surface area contributed by atoms with E-state index >= 15 is 0 Å². The molecule has 0 spiro atoms. The SMILES string of the molecule is CC12COC(CCCBr)(CO1)OC2. The summed E-state index contributed by atoms with van der Waals surface area (Å²) < 4.78 is 17.1. The van der Waals surface area contributed by atoms with Gasteiger partial charge in [-0.15, -0.1) is 0 Å². The minimum atomic E-state index is -0.439. The van der Waals surface area contributed by atoms with Gasteiger partial charge in [-0.25, -0.2) is 0 Å². The van der Waals surface area contributed by atoms with Crippen LogP contribution >= 0.6 is 15.9 Å². The third-order valence-electron chi connectivity index (χ3n) is 2.61. The number of hydrogen-bond acceptors (Lipinski definition) is 3. The normalized spacial score (nSPS) is 43.8. The van der Waals surface area contributed by atoms with Crippen molar-refractivity contribution in [3.63, 3.8) is 0 Å². The lowest BCUT2D eigenvalue weighted by molar-refractivity contribution is -0.394. The zero-order chi connectivity index (χ0) is 9.36. The van der Waals surface area contributed by atoms with Gasteiger partial charge in [0.2, 0.25) is 0 Å². The second-order valence-electron chi connectivity index (χ2n) is 4.02. The Bertz CT molecular complexity index is 165. The fourth-order valence-electron chi connectivity index (χ4n) is 1.66. The van der Waals surface area contributed by atoms with Gasteiger partial charge in [0.1, 0.15) is 12.2 Å². The Labute approximate surface area is 86.9 Å². The highest BCUT2D eigenvalue weighted by atomic mass is 79.9. The van der Waals surface area contributed by atoms with E-state index in [4.69, 9.17) is 14.2 Å². The molecule has 3 heterocycles. The molecule has 3 aliphatic heterocycles. The molecule has 3 saturated heterocycles. The smallest absolute Gasteiger partial charge is 0.192 e. The van der Waals surface area contributed by atoms with Gasteiger partial charge in [-0.2, -0.15) is 0 Å². The molecule has 0 saturated carbocycles. The average Bonchev–Trinajstić information content (AvgIpc) is 2.18. The van der Waals surface area contributed by atoms with Crippen molar-refractivity contribution < 1.29 is 14.2 Å². The van der Waals surface area contributed by atoms with Crippen molar-refractivity contribution in [2.75, 3.05) is 25.2 Å². The number of hydrogen-bond donors (Lipinski definition) is 0. The van der Waals surface area contributed by atoms with Crippen LogP contribution in [0.3, 0.4) is 0 Å². The van der Waals surface area contributed by atoms with Gasteiger partial charge in [0, 0.05) is 11.8 Å². The third kappa shape index (κ3) is 1.91. The largest absolute Gasteiger partial charge is 0.365 e. The van der Waals surface area contributed by atoms with Crippen molar-refractivity contribution in [1.82, 2.24) is 0 Å². The minimum absolute atomic E-state index is 0.198. The van der Waals surface area contributed by atoms with E-state index in [0.717, 1.165) is 18.2 Å². The molecule has 3 nitrogen and oxygen atoms in total. The van der Waals surface area contributed by atoms with Crippen LogP contribution in [0.4, 0.5) is 0 Å². The van der Waals surface area contributed by atoms with Gasteiger partial charge < -0.3 is 14.2 Å². The lowest BCUT2D eigenvalue weighted by Crippen LogP contribution is -2.62. The molecular formula is C9H15BrO3. The molecule has 13 heavy (non-hydrogen) atoms. The standard InChI is InChI=1S/C9H15BrO3/c1-8-5-12-9(7-11-8,13-6-8)3-2-4-10/h2-7H2,1H3. The maximum atomic E-state index is 5.70. The Morgan fingerprint density at radius 3 is 2.31 bits per heavy atom. The van der Waals surface area contributed by atoms with Crippen molar-refractivity contribution in [1.29, 1.82) is 0 Å². The van der Waals surface area contributed by atoms with Crippen molar-refractivity contribution >= 4 is 15.9 Å². The first-order chi connectivity index (χ1) is 6.18. The molecule has 0 N–H and O–H groups in total. The van der Waals surface area contributed by atoms with Gasteiger partial charge in [0.05, 0.1) is 13.2 Å². The molecule has 0 radical (unpaired) electrons. The lowest BCUT2D eigenvalue weighted by atomic mass is 10.0. The summed E-state index contributed by atoms with van der Waals surface area (Å²) in [5, 5.41) is 0.985. The molecule has 3 aliphatic rings. The number of halogens is 1. The quantitative estimate of drug-likeness (QED) is 0.714. The van der Waals surface area contributed by atoms with E-state index in [2.05, 4.69) is 15.9 Å². The van der Waals surface area contributed by atoms with E-state index in [1.165, 1.54) is 0 Å². The van der Waals surface area contributed by atoms with Crippen LogP contribution < -0.4 is 0 Å². The van der Waals surface area contributed by atoms with E-state index in [9.17, 15) is 0 Å². The van der Waals surface area contributed by atoms with Gasteiger partial charge >= 0.3 is 0 Å². The molecule has 0 unspecified atom stereocenters. The summed E-state index contributed by atoms with van der Waals surface area (Å²) in [6.07, 6.45) is 1.97. The fourth-order valence-corrected chi connectivity index (χ4v) is 1.94. The van der Waals surface area contributed by atoms with Crippen LogP contribution in [0.25, 0.3) is 0 Å². The third-order valence-corrected chi connectivity index (χ3v) is 3.17. The molecule has 0 aromatic rings. The first-order valence-corrected chi connectivity index (χ1v) is 5.78. The fraction of sp³-hybridized carbons (Fsp3) is 1.00. The molecule has 3 rings (SSSR count). The molecule has 0 aromatic heterocycles. The molecule has 76 valence electrons. The van der Waals surface area contributed by atoms with Crippen molar-refractivity contribution in [3.8, 4) is 0 Å². The van der Waals surface area contributed by atoms with Crippen molar-refractivity contribution in [2.24, 2.45) is 0 Å². The van der Waals surface area contributed by atoms with E-state index < -0.39 is 5.79 Å². The number of rotatable bonds is 3. The summed E-state index contributed by atoms with van der Waals surface area (Å²) in [5.74, 6) is -0.439. The predicted octanol–water partition coefficient (Wildman–Crippen LogP) is 1.69. The average molecular weight is 251 g/mol. The van der Waals surface area contributed by atoms with Gasteiger partial charge in [-0.3, -0.25) is 0 Å². The summed E-state index contributed by atoms with van der Waals surface area (Å²) in [6.45, 7) is 3.93. The Morgan fingerprint density at radius 2 is 1.85 bits per heavy atom. The molecule has 4 heteroatoms. The molecule has 3 fully saturated rings. The van der Waals surface area contributed by atoms with Crippen LogP contribution in [0.1, 0.15) is 19.8 Å². The highest BCUT2D eigenvalue weighted by Crippen LogP contribution is 2.36. The van der Waals surface area contributed by atoms with Crippen molar-refractivity contribution in [2.45, 2.75) is 31.2 Å². The summed E-state index contributed by atoms with van der Waals surface area (Å²) in [5.41, 5.74) is -0.198. The second kappa shape index (κ2) is 3.50. The first-order valence-electron chi connectivity index (χ1n) is 4.66. The first kappa shape index (κ1) is 9.90. The van der Waals surface area contributed by atoms with Crippen LogP contribution in [0.2, 0.25) is 0 Å². The monoisotopic (exact) mass is 250 g/mol. The van der Waals surface area contributed by atoms with Crippen LogP contribution in [0.15, 0.2) is 0 Å². The Hall–Kier alpha value is 0.360. The predicted molar refractivity (Wildman–Crippen MR) is 52.0 cm³/mol. The zero-order valence-electron chi connectivity index (χ0n) is 7.85. The number of ether oxygens (including phenoxy) is 3. The summed E-state index contributed by atoms with van der Waals surface area (Å²) in [6, 6.07) is 0. The topological polar surface area (TPSA) is 27.7 Å². The van der Waals surface area contributed by atoms with E-state index in [-0.39, 0.29) is 5.60 Å². The van der Waals surface area contributed by atoms with Crippen LogP contribution in [-0.4, -0.2) is 36.5 Å². The molecular weight excluding hydrogens is 236 g/mol. The van der Waals surface area contributed by atoms with Gasteiger partial charge in [-0.1, -0.05) is 15.9 Å². The summed E-state index contributed by atoms with van der Waals surface area (Å²) in [4.78, 5) is 0. The van der Waals surface area contributed by atoms with Crippen LogP contribution in [0.5, 0.6) is 0 Å². The second-order valence-corrected chi connectivity index (χ2v) is 4.81. The maximum absolute atomic E-state index is 5.70. The Kier molecular flexibility index (Phi) is 2.66. The lowest BCUT2D eigenvalue weighted by Gasteiger charge is -2.50. The van der Waals surface area contributed by atoms with E-state index in [1.807, 2.05) is 6.92 Å². The molecule has 0 aromatic carbocycles. The Balaban J connectivity index is 1.95. The van der Waals surface area contributed by atoms with Gasteiger partial charge in [0.25, 0.3) is 0 Å². The molecule has 0 amide bonds. The van der Waals surface area contributed by atoms with Gasteiger partial charge in [-0.05, 0) is 13.3 Å². The Morgan fingerprint density at radius 1 is 1.15 bits per heavy atom. The maximum Gasteiger partial charge on any atom is 0.192 e. The number of alkyl halides is 1. The highest BCUT2D eigenvalue weighted by molar-refractivity contribution is 9.09. The summed E-state index contributed by atoms with van der Waals surface area (Å²) >= 11 is 3.40. The molecule has 0 atom stereocenters. The summed E-state index contributed by atoms with van der Waals surface area (Å²) in [7, 11) is 0. The van der Waals surface area contributed by atoms with E-state index in [1.54, 1.807) is 0 Å². The van der Waals surface area contributed by atoms with Crippen molar-refractivity contribution in [3.05, 3.63) is 0 Å². The number of fused-ring (bicyclic) bond motifs is 3. The molecule has 2 bridgehead atoms. The van der Waals surface area contributed by atoms with Crippen LogP contribution in [-0.2, 0) is 14.2 Å². The molecule has 0 aliphatic carbocycles. The zero-order valence-corrected chi connectivity index (χ0v) is 9.43. The van der Waals surface area contributed by atoms with E-state index in [0.29, 0.717) is 19.8 Å². The minimum Gasteiger partial charge on any atom is -0.365 e. The van der Waals surface area contributed by atoms with Gasteiger partial charge in [0.15, 0.2) is 5.79 Å². The van der Waals surface area contributed by atoms with Crippen LogP contribution in [0, 0.1) is 0 Å².